The van der Waals surface area contributed by atoms with E-state index in [1.54, 1.807) is 6.08 Å². The first kappa shape index (κ1) is 8.86. The van der Waals surface area contributed by atoms with Crippen LogP contribution < -0.4 is 5.32 Å². The van der Waals surface area contributed by atoms with Crippen molar-refractivity contribution >= 4 is 5.78 Å². The van der Waals surface area contributed by atoms with Gasteiger partial charge in [0.1, 0.15) is 0 Å². The molecule has 0 heterocycles. The molecule has 0 aromatic rings. The number of carbonyl (C=O) groups excluding carboxylic acids is 1. The first-order valence-electron chi connectivity index (χ1n) is 4.03. The number of ketones is 1. The van der Waals surface area contributed by atoms with Gasteiger partial charge in [0.15, 0.2) is 5.78 Å². The Morgan fingerprint density at radius 2 is 2.25 bits per heavy atom. The highest BCUT2D eigenvalue weighted by Gasteiger charge is 2.18. The van der Waals surface area contributed by atoms with Crippen LogP contribution in [0.4, 0.5) is 0 Å². The van der Waals surface area contributed by atoms with E-state index in [0.29, 0.717) is 6.42 Å². The molecule has 0 aliphatic heterocycles. The third-order valence-corrected chi connectivity index (χ3v) is 1.81. The number of allylic oxidation sites excluding steroid dienone is 2. The molecule has 1 N–H and O–H groups in total. The van der Waals surface area contributed by atoms with Gasteiger partial charge in [-0.05, 0) is 20.3 Å². The summed E-state index contributed by atoms with van der Waals surface area (Å²) in [5.41, 5.74) is 0.610. The topological polar surface area (TPSA) is 29.1 Å². The van der Waals surface area contributed by atoms with Gasteiger partial charge in [-0.3, -0.25) is 4.79 Å². The van der Waals surface area contributed by atoms with Crippen molar-refractivity contribution in [3.63, 3.8) is 0 Å². The van der Waals surface area contributed by atoms with Crippen molar-refractivity contribution in [1.82, 2.24) is 5.32 Å². The molecule has 0 amide bonds. The van der Waals surface area contributed by atoms with Crippen molar-refractivity contribution in [3.8, 4) is 12.3 Å². The molecule has 0 radical (unpaired) electrons. The lowest BCUT2D eigenvalue weighted by atomic mass is 10.1. The second-order valence-corrected chi connectivity index (χ2v) is 3.53. The molecule has 1 aliphatic carbocycles. The quantitative estimate of drug-likeness (QED) is 0.620. The Labute approximate surface area is 73.0 Å². The fraction of sp³-hybridized carbons (Fsp3) is 0.500. The Morgan fingerprint density at radius 1 is 1.58 bits per heavy atom. The predicted molar refractivity (Wildman–Crippen MR) is 48.4 cm³/mol. The lowest BCUT2D eigenvalue weighted by Gasteiger charge is -2.21. The van der Waals surface area contributed by atoms with E-state index in [1.807, 2.05) is 13.8 Å². The average molecular weight is 163 g/mol. The molecule has 12 heavy (non-hydrogen) atoms. The third-order valence-electron chi connectivity index (χ3n) is 1.81. The maximum atomic E-state index is 10.9. The highest BCUT2D eigenvalue weighted by atomic mass is 16.1. The minimum Gasteiger partial charge on any atom is -0.373 e. The molecule has 64 valence electrons. The van der Waals surface area contributed by atoms with E-state index in [0.717, 1.165) is 12.1 Å². The summed E-state index contributed by atoms with van der Waals surface area (Å²) in [6.45, 7) is 3.83. The van der Waals surface area contributed by atoms with Gasteiger partial charge in [-0.2, -0.15) is 0 Å². The zero-order valence-electron chi connectivity index (χ0n) is 7.48. The summed E-state index contributed by atoms with van der Waals surface area (Å²) in [5, 5.41) is 3.14. The molecule has 1 rings (SSSR count). The largest absolute Gasteiger partial charge is 0.373 e. The third kappa shape index (κ3) is 2.13. The van der Waals surface area contributed by atoms with Crippen LogP contribution in [0.1, 0.15) is 26.7 Å². The first-order valence-corrected chi connectivity index (χ1v) is 4.03. The van der Waals surface area contributed by atoms with Crippen LogP contribution in [0.25, 0.3) is 0 Å². The number of carbonyl (C=O) groups is 1. The number of hydrogen-bond donors (Lipinski definition) is 1. The predicted octanol–water partition coefficient (Wildman–Crippen LogP) is 1.23. The van der Waals surface area contributed by atoms with Crippen LogP contribution in [0, 0.1) is 12.3 Å². The van der Waals surface area contributed by atoms with Crippen LogP contribution in [0.2, 0.25) is 0 Å². The number of terminal acetylenes is 1. The van der Waals surface area contributed by atoms with Gasteiger partial charge in [0.2, 0.25) is 0 Å². The average Bonchev–Trinajstić information content (AvgIpc) is 2.35. The Bertz CT molecular complexity index is 268. The van der Waals surface area contributed by atoms with Crippen LogP contribution in [-0.2, 0) is 4.79 Å². The molecule has 2 heteroatoms. The van der Waals surface area contributed by atoms with Crippen molar-refractivity contribution in [2.45, 2.75) is 32.2 Å². The maximum Gasteiger partial charge on any atom is 0.157 e. The van der Waals surface area contributed by atoms with E-state index < -0.39 is 0 Å². The summed E-state index contributed by atoms with van der Waals surface area (Å²) in [6.07, 6.45) is 8.34. The molecular formula is C10H13NO. The molecule has 0 unspecified atom stereocenters. The van der Waals surface area contributed by atoms with Gasteiger partial charge >= 0.3 is 0 Å². The number of nitrogens with one attached hydrogen (secondary N) is 1. The van der Waals surface area contributed by atoms with E-state index in [9.17, 15) is 4.79 Å². The second kappa shape index (κ2) is 3.02. The second-order valence-electron chi connectivity index (χ2n) is 3.53. The Morgan fingerprint density at radius 3 is 2.67 bits per heavy atom. The van der Waals surface area contributed by atoms with Gasteiger partial charge in [-0.15, -0.1) is 6.42 Å². The van der Waals surface area contributed by atoms with Gasteiger partial charge < -0.3 is 5.32 Å². The molecule has 2 nitrogen and oxygen atoms in total. The van der Waals surface area contributed by atoms with E-state index in [4.69, 9.17) is 6.42 Å². The van der Waals surface area contributed by atoms with Crippen LogP contribution in [0.5, 0.6) is 0 Å². The minimum atomic E-state index is -0.351. The lowest BCUT2D eigenvalue weighted by Crippen LogP contribution is -2.36. The summed E-state index contributed by atoms with van der Waals surface area (Å²) in [5.74, 6) is 2.81. The first-order chi connectivity index (χ1) is 5.53. The van der Waals surface area contributed by atoms with Gasteiger partial charge in [0, 0.05) is 18.2 Å². The normalized spacial score (nSPS) is 17.1. The van der Waals surface area contributed by atoms with Gasteiger partial charge in [0.05, 0.1) is 5.54 Å². The van der Waals surface area contributed by atoms with E-state index >= 15 is 0 Å². The summed E-state index contributed by atoms with van der Waals surface area (Å²) < 4.78 is 0. The highest BCUT2D eigenvalue weighted by molar-refractivity contribution is 5.92. The molecule has 0 fully saturated rings. The highest BCUT2D eigenvalue weighted by Crippen LogP contribution is 2.15. The van der Waals surface area contributed by atoms with Crippen LogP contribution >= 0.6 is 0 Å². The Kier molecular flexibility index (Phi) is 2.23. The molecular weight excluding hydrogens is 150 g/mol. The molecule has 0 spiro atoms. The summed E-state index contributed by atoms with van der Waals surface area (Å²) in [4.78, 5) is 10.9. The standard InChI is InChI=1S/C10H13NO/c1-4-10(2,3)11-8-5-6-9(12)7-8/h1,7,11H,5-6H2,2-3H3. The van der Waals surface area contributed by atoms with Crippen molar-refractivity contribution in [2.24, 2.45) is 0 Å². The zero-order valence-corrected chi connectivity index (χ0v) is 7.48. The molecule has 0 aromatic heterocycles. The zero-order chi connectivity index (χ0) is 9.19. The fourth-order valence-electron chi connectivity index (χ4n) is 1.13. The maximum absolute atomic E-state index is 10.9. The number of hydrogen-bond acceptors (Lipinski definition) is 2. The van der Waals surface area contributed by atoms with Crippen LogP contribution in [-0.4, -0.2) is 11.3 Å². The van der Waals surface area contributed by atoms with Crippen molar-refractivity contribution in [3.05, 3.63) is 11.8 Å². The fourth-order valence-corrected chi connectivity index (χ4v) is 1.13. The molecule has 1 aliphatic rings. The molecule has 0 saturated carbocycles. The smallest absolute Gasteiger partial charge is 0.157 e. The Hall–Kier alpha value is -1.23. The van der Waals surface area contributed by atoms with Gasteiger partial charge in [-0.25, -0.2) is 0 Å². The van der Waals surface area contributed by atoms with Crippen molar-refractivity contribution in [2.75, 3.05) is 0 Å². The van der Waals surface area contributed by atoms with Crippen molar-refractivity contribution < 1.29 is 4.79 Å². The summed E-state index contributed by atoms with van der Waals surface area (Å²) >= 11 is 0. The molecule has 0 aromatic carbocycles. The molecule has 0 saturated heterocycles. The van der Waals surface area contributed by atoms with Gasteiger partial charge in [0.25, 0.3) is 0 Å². The van der Waals surface area contributed by atoms with Gasteiger partial charge in [-0.1, -0.05) is 5.92 Å². The SMILES string of the molecule is C#CC(C)(C)NC1=CC(=O)CC1. The van der Waals surface area contributed by atoms with E-state index in [1.165, 1.54) is 0 Å². The number of rotatable bonds is 2. The van der Waals surface area contributed by atoms with Crippen LogP contribution in [0.15, 0.2) is 11.8 Å². The minimum absolute atomic E-state index is 0.185. The molecule has 0 bridgehead atoms. The monoisotopic (exact) mass is 163 g/mol. The lowest BCUT2D eigenvalue weighted by molar-refractivity contribution is -0.114. The molecule has 0 atom stereocenters. The van der Waals surface area contributed by atoms with Crippen molar-refractivity contribution in [1.29, 1.82) is 0 Å². The van der Waals surface area contributed by atoms with E-state index in [-0.39, 0.29) is 11.3 Å². The summed E-state index contributed by atoms with van der Waals surface area (Å²) in [7, 11) is 0. The summed E-state index contributed by atoms with van der Waals surface area (Å²) in [6, 6.07) is 0. The Balaban J connectivity index is 2.60. The van der Waals surface area contributed by atoms with Crippen LogP contribution in [0.3, 0.4) is 0 Å². The van der Waals surface area contributed by atoms with E-state index in [2.05, 4.69) is 11.2 Å².